The summed E-state index contributed by atoms with van der Waals surface area (Å²) in [5.41, 5.74) is 6.13. The third-order valence-electron chi connectivity index (χ3n) is 3.80. The number of hydrogen-bond donors (Lipinski definition) is 3. The van der Waals surface area contributed by atoms with Crippen molar-refractivity contribution in [2.45, 2.75) is 39.2 Å². The molecule has 1 aromatic rings. The summed E-state index contributed by atoms with van der Waals surface area (Å²) < 4.78 is 16.6. The summed E-state index contributed by atoms with van der Waals surface area (Å²) in [4.78, 5) is 12.1. The number of hydrogen-bond acceptors (Lipinski definition) is 5. The van der Waals surface area contributed by atoms with Crippen LogP contribution in [0.15, 0.2) is 18.2 Å². The second kappa shape index (κ2) is 10.8. The molecule has 7 nitrogen and oxygen atoms in total. The minimum absolute atomic E-state index is 0.186. The maximum atomic E-state index is 12.1. The van der Waals surface area contributed by atoms with Crippen LogP contribution in [0.25, 0.3) is 0 Å². The molecule has 1 fully saturated rings. The Kier molecular flexibility index (Phi) is 8.43. The SMILES string of the molecule is CCOc1ccc(CC(=O)NNC(=S)NCC2CCCO2)cc1OCC. The molecule has 0 saturated carbocycles. The Balaban J connectivity index is 1.77. The van der Waals surface area contributed by atoms with Crippen molar-refractivity contribution >= 4 is 23.2 Å². The molecule has 144 valence electrons. The number of amides is 1. The lowest BCUT2D eigenvalue weighted by atomic mass is 10.1. The van der Waals surface area contributed by atoms with Crippen LogP contribution in [0.1, 0.15) is 32.3 Å². The van der Waals surface area contributed by atoms with Gasteiger partial charge < -0.3 is 19.5 Å². The molecule has 1 atom stereocenters. The number of benzene rings is 1. The standard InChI is InChI=1S/C18H27N3O4S/c1-3-23-15-8-7-13(10-16(15)24-4-2)11-17(22)20-21-18(26)19-12-14-6-5-9-25-14/h7-8,10,14H,3-6,9,11-12H2,1-2H3,(H,20,22)(H2,19,21,26). The Labute approximate surface area is 159 Å². The van der Waals surface area contributed by atoms with Gasteiger partial charge in [0.15, 0.2) is 16.6 Å². The van der Waals surface area contributed by atoms with Crippen molar-refractivity contribution in [2.75, 3.05) is 26.4 Å². The average molecular weight is 381 g/mol. The molecule has 1 amide bonds. The highest BCUT2D eigenvalue weighted by Gasteiger charge is 2.15. The van der Waals surface area contributed by atoms with Crippen LogP contribution in [0, 0.1) is 0 Å². The lowest BCUT2D eigenvalue weighted by Gasteiger charge is -2.15. The molecular formula is C18H27N3O4S. The molecule has 0 bridgehead atoms. The third kappa shape index (κ3) is 6.68. The van der Waals surface area contributed by atoms with Gasteiger partial charge in [0.25, 0.3) is 0 Å². The van der Waals surface area contributed by atoms with Crippen molar-refractivity contribution < 1.29 is 19.0 Å². The summed E-state index contributed by atoms with van der Waals surface area (Å²) in [5.74, 6) is 1.12. The van der Waals surface area contributed by atoms with E-state index in [-0.39, 0.29) is 18.4 Å². The molecule has 3 N–H and O–H groups in total. The van der Waals surface area contributed by atoms with Crippen molar-refractivity contribution in [3.8, 4) is 11.5 Å². The van der Waals surface area contributed by atoms with Gasteiger partial charge in [-0.25, -0.2) is 0 Å². The molecule has 1 aliphatic heterocycles. The number of carbonyl (C=O) groups is 1. The summed E-state index contributed by atoms with van der Waals surface area (Å²) in [6.45, 7) is 6.34. The van der Waals surface area contributed by atoms with E-state index in [1.807, 2.05) is 32.0 Å². The van der Waals surface area contributed by atoms with Crippen molar-refractivity contribution in [1.82, 2.24) is 16.2 Å². The van der Waals surface area contributed by atoms with E-state index in [2.05, 4.69) is 16.2 Å². The van der Waals surface area contributed by atoms with Crippen molar-refractivity contribution in [3.05, 3.63) is 23.8 Å². The summed E-state index contributed by atoms with van der Waals surface area (Å²) in [5, 5.41) is 3.41. The second-order valence-electron chi connectivity index (χ2n) is 5.84. The van der Waals surface area contributed by atoms with Gasteiger partial charge in [0.2, 0.25) is 5.91 Å². The Bertz CT molecular complexity index is 606. The highest BCUT2D eigenvalue weighted by Crippen LogP contribution is 2.28. The highest BCUT2D eigenvalue weighted by molar-refractivity contribution is 7.80. The van der Waals surface area contributed by atoms with Crippen LogP contribution in [-0.2, 0) is 16.0 Å². The van der Waals surface area contributed by atoms with Crippen molar-refractivity contribution in [3.63, 3.8) is 0 Å². The van der Waals surface area contributed by atoms with E-state index in [9.17, 15) is 4.79 Å². The Morgan fingerprint density at radius 2 is 2.00 bits per heavy atom. The van der Waals surface area contributed by atoms with Gasteiger partial charge in [-0.05, 0) is 56.6 Å². The van der Waals surface area contributed by atoms with Crippen LogP contribution in [0.2, 0.25) is 0 Å². The van der Waals surface area contributed by atoms with E-state index in [1.54, 1.807) is 0 Å². The lowest BCUT2D eigenvalue weighted by Crippen LogP contribution is -2.48. The van der Waals surface area contributed by atoms with Crippen LogP contribution in [0.4, 0.5) is 0 Å². The predicted molar refractivity (Wildman–Crippen MR) is 103 cm³/mol. The van der Waals surface area contributed by atoms with Gasteiger partial charge in [0, 0.05) is 13.2 Å². The zero-order valence-electron chi connectivity index (χ0n) is 15.3. The van der Waals surface area contributed by atoms with Crippen LogP contribution >= 0.6 is 12.2 Å². The van der Waals surface area contributed by atoms with Gasteiger partial charge in [0.1, 0.15) is 0 Å². The van der Waals surface area contributed by atoms with Crippen LogP contribution in [-0.4, -0.2) is 43.5 Å². The second-order valence-corrected chi connectivity index (χ2v) is 6.25. The number of ether oxygens (including phenoxy) is 3. The summed E-state index contributed by atoms with van der Waals surface area (Å²) in [7, 11) is 0. The largest absolute Gasteiger partial charge is 0.490 e. The van der Waals surface area contributed by atoms with Gasteiger partial charge in [-0.3, -0.25) is 15.6 Å². The third-order valence-corrected chi connectivity index (χ3v) is 4.05. The van der Waals surface area contributed by atoms with Crippen LogP contribution < -0.4 is 25.6 Å². The number of hydrazine groups is 1. The Morgan fingerprint density at radius 3 is 2.69 bits per heavy atom. The van der Waals surface area contributed by atoms with Gasteiger partial charge in [-0.2, -0.15) is 0 Å². The van der Waals surface area contributed by atoms with E-state index in [1.165, 1.54) is 0 Å². The fourth-order valence-corrected chi connectivity index (χ4v) is 2.75. The zero-order valence-corrected chi connectivity index (χ0v) is 16.1. The minimum Gasteiger partial charge on any atom is -0.490 e. The molecular weight excluding hydrogens is 354 g/mol. The zero-order chi connectivity index (χ0) is 18.8. The normalized spacial score (nSPS) is 16.0. The van der Waals surface area contributed by atoms with Crippen LogP contribution in [0.3, 0.4) is 0 Å². The van der Waals surface area contributed by atoms with Crippen LogP contribution in [0.5, 0.6) is 11.5 Å². The first-order valence-corrected chi connectivity index (χ1v) is 9.36. The smallest absolute Gasteiger partial charge is 0.242 e. The summed E-state index contributed by atoms with van der Waals surface area (Å²) in [6.07, 6.45) is 2.50. The number of carbonyl (C=O) groups excluding carboxylic acids is 1. The molecule has 0 radical (unpaired) electrons. The van der Waals surface area contributed by atoms with E-state index in [0.717, 1.165) is 25.0 Å². The maximum absolute atomic E-state index is 12.1. The van der Waals surface area contributed by atoms with Gasteiger partial charge in [-0.1, -0.05) is 6.07 Å². The molecule has 8 heteroatoms. The first-order valence-electron chi connectivity index (χ1n) is 8.95. The number of thiocarbonyl (C=S) groups is 1. The topological polar surface area (TPSA) is 80.9 Å². The first kappa shape index (κ1) is 20.3. The van der Waals surface area contributed by atoms with Crippen molar-refractivity contribution in [1.29, 1.82) is 0 Å². The fourth-order valence-electron chi connectivity index (χ4n) is 2.62. The molecule has 1 unspecified atom stereocenters. The van der Waals surface area contributed by atoms with Crippen molar-refractivity contribution in [2.24, 2.45) is 0 Å². The molecule has 0 aliphatic carbocycles. The molecule has 0 aromatic heterocycles. The lowest BCUT2D eigenvalue weighted by molar-refractivity contribution is -0.121. The Hall–Kier alpha value is -2.06. The monoisotopic (exact) mass is 381 g/mol. The predicted octanol–water partition coefficient (Wildman–Crippen LogP) is 1.70. The molecule has 0 spiro atoms. The summed E-state index contributed by atoms with van der Waals surface area (Å²) in [6, 6.07) is 5.49. The summed E-state index contributed by atoms with van der Waals surface area (Å²) >= 11 is 5.14. The molecule has 1 aliphatic rings. The molecule has 1 heterocycles. The fraction of sp³-hybridized carbons (Fsp3) is 0.556. The maximum Gasteiger partial charge on any atom is 0.242 e. The van der Waals surface area contributed by atoms with E-state index in [0.29, 0.717) is 36.4 Å². The first-order chi connectivity index (χ1) is 12.6. The van der Waals surface area contributed by atoms with E-state index in [4.69, 9.17) is 26.4 Å². The highest BCUT2D eigenvalue weighted by atomic mass is 32.1. The molecule has 26 heavy (non-hydrogen) atoms. The van der Waals surface area contributed by atoms with E-state index < -0.39 is 0 Å². The molecule has 2 rings (SSSR count). The van der Waals surface area contributed by atoms with Gasteiger partial charge in [-0.15, -0.1) is 0 Å². The molecule has 1 aromatic carbocycles. The molecule has 1 saturated heterocycles. The van der Waals surface area contributed by atoms with E-state index >= 15 is 0 Å². The van der Waals surface area contributed by atoms with Gasteiger partial charge in [0.05, 0.1) is 25.7 Å². The quantitative estimate of drug-likeness (QED) is 0.467. The number of nitrogens with one attached hydrogen (secondary N) is 3. The van der Waals surface area contributed by atoms with Gasteiger partial charge >= 0.3 is 0 Å². The minimum atomic E-state index is -0.196. The number of rotatable bonds is 8. The average Bonchev–Trinajstić information content (AvgIpc) is 3.14. The Morgan fingerprint density at radius 1 is 1.23 bits per heavy atom.